The molecular weight excluding hydrogens is 516 g/mol. The zero-order valence-corrected chi connectivity index (χ0v) is 22.9. The Bertz CT molecular complexity index is 1450. The monoisotopic (exact) mass is 546 g/mol. The molecular formula is C31H31ClN2O3S. The molecule has 1 fully saturated rings. The lowest BCUT2D eigenvalue weighted by Crippen LogP contribution is -2.47. The lowest BCUT2D eigenvalue weighted by molar-refractivity contribution is 0.206. The summed E-state index contributed by atoms with van der Waals surface area (Å²) in [5, 5.41) is 0.511. The molecule has 4 aromatic rings. The predicted molar refractivity (Wildman–Crippen MR) is 154 cm³/mol. The Morgan fingerprint density at radius 3 is 2.18 bits per heavy atom. The number of hydrogen-bond donors (Lipinski definition) is 0. The second kappa shape index (κ2) is 11.6. The smallest absolute Gasteiger partial charge is 0.264 e. The number of anilines is 1. The Morgan fingerprint density at radius 1 is 0.842 bits per heavy atom. The first-order chi connectivity index (χ1) is 18.4. The summed E-state index contributed by atoms with van der Waals surface area (Å²) in [6.07, 6.45) is 1.47. The number of sulfonamides is 1. The second-order valence-corrected chi connectivity index (χ2v) is 11.9. The highest BCUT2D eigenvalue weighted by Crippen LogP contribution is 2.32. The molecule has 1 aliphatic rings. The molecule has 0 saturated carbocycles. The number of ether oxygens (including phenoxy) is 1. The van der Waals surface area contributed by atoms with E-state index in [1.54, 1.807) is 28.6 Å². The number of rotatable bonds is 8. The summed E-state index contributed by atoms with van der Waals surface area (Å²) in [5.74, 6) is 1.62. The van der Waals surface area contributed by atoms with Crippen molar-refractivity contribution >= 4 is 27.3 Å². The molecule has 38 heavy (non-hydrogen) atoms. The Morgan fingerprint density at radius 2 is 1.50 bits per heavy atom. The summed E-state index contributed by atoms with van der Waals surface area (Å²) in [7, 11) is -3.76. The van der Waals surface area contributed by atoms with Gasteiger partial charge in [0.25, 0.3) is 10.0 Å². The summed E-state index contributed by atoms with van der Waals surface area (Å²) < 4.78 is 35.3. The maximum Gasteiger partial charge on any atom is 0.264 e. The van der Waals surface area contributed by atoms with Crippen LogP contribution in [0.1, 0.15) is 24.0 Å². The van der Waals surface area contributed by atoms with Crippen LogP contribution in [0.25, 0.3) is 0 Å². The zero-order valence-electron chi connectivity index (χ0n) is 21.3. The van der Waals surface area contributed by atoms with Gasteiger partial charge < -0.3 is 4.74 Å². The summed E-state index contributed by atoms with van der Waals surface area (Å²) in [6.45, 7) is 4.38. The van der Waals surface area contributed by atoms with E-state index in [0.717, 1.165) is 49.5 Å². The van der Waals surface area contributed by atoms with Crippen LogP contribution in [0, 0.1) is 6.92 Å². The first-order valence-corrected chi connectivity index (χ1v) is 14.6. The lowest BCUT2D eigenvalue weighted by Gasteiger charge is -2.39. The van der Waals surface area contributed by atoms with Gasteiger partial charge in [0.05, 0.1) is 10.6 Å². The van der Waals surface area contributed by atoms with Crippen LogP contribution in [0.2, 0.25) is 5.02 Å². The van der Waals surface area contributed by atoms with Crippen LogP contribution >= 0.6 is 11.6 Å². The van der Waals surface area contributed by atoms with Gasteiger partial charge >= 0.3 is 0 Å². The Hall–Kier alpha value is -3.32. The fourth-order valence-electron chi connectivity index (χ4n) is 4.86. The lowest BCUT2D eigenvalue weighted by atomic mass is 10.0. The van der Waals surface area contributed by atoms with Gasteiger partial charge in [-0.1, -0.05) is 59.6 Å². The molecule has 0 aliphatic carbocycles. The third kappa shape index (κ3) is 6.21. The summed E-state index contributed by atoms with van der Waals surface area (Å²) >= 11 is 6.04. The Labute approximate surface area is 230 Å². The Balaban J connectivity index is 1.30. The molecule has 0 unspecified atom stereocenters. The van der Waals surface area contributed by atoms with Gasteiger partial charge in [-0.2, -0.15) is 0 Å². The summed E-state index contributed by atoms with van der Waals surface area (Å²) in [5.41, 5.74) is 2.95. The van der Waals surface area contributed by atoms with Crippen molar-refractivity contribution in [1.82, 2.24) is 4.90 Å². The van der Waals surface area contributed by atoms with E-state index in [4.69, 9.17) is 16.3 Å². The molecule has 7 heteroatoms. The summed E-state index contributed by atoms with van der Waals surface area (Å²) in [6, 6.07) is 31.9. The Kier molecular flexibility index (Phi) is 8.03. The molecule has 1 aliphatic heterocycles. The molecule has 0 amide bonds. The minimum absolute atomic E-state index is 0.137. The minimum Gasteiger partial charge on any atom is -0.457 e. The van der Waals surface area contributed by atoms with E-state index >= 15 is 0 Å². The normalized spacial score (nSPS) is 14.8. The van der Waals surface area contributed by atoms with Crippen LogP contribution in [0.4, 0.5) is 5.69 Å². The van der Waals surface area contributed by atoms with Crippen molar-refractivity contribution in [3.05, 3.63) is 119 Å². The molecule has 0 atom stereocenters. The van der Waals surface area contributed by atoms with Crippen molar-refractivity contribution in [1.29, 1.82) is 0 Å². The van der Waals surface area contributed by atoms with Gasteiger partial charge in [0, 0.05) is 30.7 Å². The van der Waals surface area contributed by atoms with Crippen LogP contribution in [-0.2, 0) is 16.6 Å². The SMILES string of the molecule is Cc1ccc(N(C2CCN(Cc3cccc(Oc4ccccc4)c3)CC2)S(=O)(=O)c2ccc(Cl)cc2)cc1. The average Bonchev–Trinajstić information content (AvgIpc) is 2.92. The molecule has 0 aromatic heterocycles. The van der Waals surface area contributed by atoms with E-state index in [1.165, 1.54) is 5.56 Å². The van der Waals surface area contributed by atoms with Gasteiger partial charge in [-0.15, -0.1) is 0 Å². The van der Waals surface area contributed by atoms with Gasteiger partial charge in [0.15, 0.2) is 0 Å². The van der Waals surface area contributed by atoms with Crippen LogP contribution < -0.4 is 9.04 Å². The van der Waals surface area contributed by atoms with Crippen LogP contribution in [0.3, 0.4) is 0 Å². The largest absolute Gasteiger partial charge is 0.457 e. The zero-order chi connectivity index (χ0) is 26.5. The highest BCUT2D eigenvalue weighted by Gasteiger charge is 2.34. The highest BCUT2D eigenvalue weighted by molar-refractivity contribution is 7.92. The topological polar surface area (TPSA) is 49.9 Å². The number of halogens is 1. The predicted octanol–water partition coefficient (Wildman–Crippen LogP) is 7.30. The maximum atomic E-state index is 13.8. The molecule has 5 nitrogen and oxygen atoms in total. The van der Waals surface area contributed by atoms with Crippen molar-refractivity contribution in [3.8, 4) is 11.5 Å². The van der Waals surface area contributed by atoms with Gasteiger partial charge in [-0.25, -0.2) is 8.42 Å². The minimum atomic E-state index is -3.76. The number of aryl methyl sites for hydroxylation is 1. The molecule has 5 rings (SSSR count). The third-order valence-corrected chi connectivity index (χ3v) is 8.98. The number of nitrogens with zero attached hydrogens (tertiary/aromatic N) is 2. The van der Waals surface area contributed by atoms with Gasteiger partial charge in [-0.3, -0.25) is 9.21 Å². The van der Waals surface area contributed by atoms with E-state index in [1.807, 2.05) is 73.7 Å². The van der Waals surface area contributed by atoms with Crippen molar-refractivity contribution in [2.24, 2.45) is 0 Å². The maximum absolute atomic E-state index is 13.8. The molecule has 4 aromatic carbocycles. The second-order valence-electron chi connectivity index (χ2n) is 9.66. The van der Waals surface area contributed by atoms with E-state index in [0.29, 0.717) is 10.7 Å². The number of hydrogen-bond acceptors (Lipinski definition) is 4. The molecule has 0 radical (unpaired) electrons. The number of benzene rings is 4. The molecule has 196 valence electrons. The first-order valence-electron chi connectivity index (χ1n) is 12.8. The van der Waals surface area contributed by atoms with Crippen molar-refractivity contribution < 1.29 is 13.2 Å². The van der Waals surface area contributed by atoms with E-state index < -0.39 is 10.0 Å². The third-order valence-electron chi connectivity index (χ3n) is 6.83. The molecule has 1 saturated heterocycles. The molecule has 1 heterocycles. The van der Waals surface area contributed by atoms with Gasteiger partial charge in [0.2, 0.25) is 0 Å². The van der Waals surface area contributed by atoms with Crippen molar-refractivity contribution in [2.45, 2.75) is 37.2 Å². The van der Waals surface area contributed by atoms with Crippen molar-refractivity contribution in [3.63, 3.8) is 0 Å². The molecule has 0 bridgehead atoms. The fraction of sp³-hybridized carbons (Fsp3) is 0.226. The number of piperidine rings is 1. The summed E-state index contributed by atoms with van der Waals surface area (Å²) in [4.78, 5) is 2.63. The van der Waals surface area contributed by atoms with E-state index in [-0.39, 0.29) is 10.9 Å². The number of likely N-dealkylation sites (tertiary alicyclic amines) is 1. The standard InChI is InChI=1S/C31H31ClN2O3S/c1-24-10-14-27(15-11-24)34(38(35,36)31-16-12-26(32)13-17-31)28-18-20-33(21-19-28)23-25-6-5-9-30(22-25)37-29-7-3-2-4-8-29/h2-17,22,28H,18-21,23H2,1H3. The van der Waals surface area contributed by atoms with Crippen LogP contribution in [0.15, 0.2) is 108 Å². The first kappa shape index (κ1) is 26.3. The highest BCUT2D eigenvalue weighted by atomic mass is 35.5. The van der Waals surface area contributed by atoms with E-state index in [9.17, 15) is 8.42 Å². The molecule has 0 spiro atoms. The van der Waals surface area contributed by atoms with E-state index in [2.05, 4.69) is 17.0 Å². The van der Waals surface area contributed by atoms with Crippen LogP contribution in [0.5, 0.6) is 11.5 Å². The van der Waals surface area contributed by atoms with Crippen LogP contribution in [-0.4, -0.2) is 32.4 Å². The van der Waals surface area contributed by atoms with Gasteiger partial charge in [-0.05, 0) is 86.0 Å². The van der Waals surface area contributed by atoms with Gasteiger partial charge in [0.1, 0.15) is 11.5 Å². The number of para-hydroxylation sites is 1. The van der Waals surface area contributed by atoms with Crippen molar-refractivity contribution in [2.75, 3.05) is 17.4 Å². The quantitative estimate of drug-likeness (QED) is 0.233. The fourth-order valence-corrected chi connectivity index (χ4v) is 6.70. The molecule has 0 N–H and O–H groups in total. The average molecular weight is 547 g/mol.